The molecule has 0 saturated carbocycles. The van der Waals surface area contributed by atoms with Crippen LogP contribution in [-0.4, -0.2) is 28.2 Å². The topological polar surface area (TPSA) is 107 Å². The molecule has 2 aromatic carbocycles. The van der Waals surface area contributed by atoms with E-state index in [9.17, 15) is 4.91 Å². The largest absolute Gasteiger partial charge is 0.494 e. The molecule has 1 aromatic heterocycles. The van der Waals surface area contributed by atoms with Gasteiger partial charge in [0.1, 0.15) is 11.4 Å². The van der Waals surface area contributed by atoms with Crippen LogP contribution in [0.4, 0.5) is 5.69 Å². The van der Waals surface area contributed by atoms with Crippen LogP contribution >= 0.6 is 12.2 Å². The molecule has 0 aliphatic heterocycles. The molecule has 8 nitrogen and oxygen atoms in total. The predicted molar refractivity (Wildman–Crippen MR) is 109 cm³/mol. The van der Waals surface area contributed by atoms with Gasteiger partial charge in [-0.15, -0.1) is 4.91 Å². The third-order valence-corrected chi connectivity index (χ3v) is 3.78. The number of nitrogens with one attached hydrogen (secondary N) is 1. The van der Waals surface area contributed by atoms with E-state index in [0.29, 0.717) is 22.6 Å². The summed E-state index contributed by atoms with van der Waals surface area (Å²) in [5.41, 5.74) is 11.0. The Balaban J connectivity index is 2.09. The Kier molecular flexibility index (Phi) is 5.53. The SMILES string of the molecule is COc1ccc(-c2nn(-c3ccccc3)cc2C=NNC(N)=S)cc1N=O. The number of nitrogens with zero attached hydrogens (tertiary/aromatic N) is 4. The van der Waals surface area contributed by atoms with E-state index in [1.54, 1.807) is 29.1 Å². The van der Waals surface area contributed by atoms with Crippen LogP contribution in [0.15, 0.2) is 65.0 Å². The maximum Gasteiger partial charge on any atom is 0.184 e. The number of thiocarbonyl (C=S) groups is 1. The number of rotatable bonds is 6. The van der Waals surface area contributed by atoms with Gasteiger partial charge in [0.2, 0.25) is 0 Å². The fraction of sp³-hybridized carbons (Fsp3) is 0.0556. The number of hydrogen-bond acceptors (Lipinski definition) is 6. The molecule has 0 aliphatic rings. The monoisotopic (exact) mass is 380 g/mol. The minimum atomic E-state index is 0.0557. The molecule has 3 rings (SSSR count). The third kappa shape index (κ3) is 4.15. The summed E-state index contributed by atoms with van der Waals surface area (Å²) >= 11 is 4.75. The highest BCUT2D eigenvalue weighted by Gasteiger charge is 2.14. The molecule has 9 heteroatoms. The Labute approximate surface area is 160 Å². The van der Waals surface area contributed by atoms with Gasteiger partial charge in [0.05, 0.1) is 19.0 Å². The first-order valence-corrected chi connectivity index (χ1v) is 8.28. The number of nitrogens with two attached hydrogens (primary N) is 1. The Hall–Kier alpha value is -3.59. The summed E-state index contributed by atoms with van der Waals surface area (Å²) in [7, 11) is 1.48. The van der Waals surface area contributed by atoms with E-state index >= 15 is 0 Å². The number of hydrogen-bond donors (Lipinski definition) is 2. The van der Waals surface area contributed by atoms with Gasteiger partial charge in [-0.05, 0) is 47.7 Å². The minimum Gasteiger partial charge on any atom is -0.494 e. The van der Waals surface area contributed by atoms with Gasteiger partial charge in [0, 0.05) is 17.3 Å². The summed E-state index contributed by atoms with van der Waals surface area (Å²) < 4.78 is 6.86. The van der Waals surface area contributed by atoms with Crippen LogP contribution in [0.2, 0.25) is 0 Å². The minimum absolute atomic E-state index is 0.0557. The van der Waals surface area contributed by atoms with E-state index in [4.69, 9.17) is 22.7 Å². The Morgan fingerprint density at radius 2 is 2.07 bits per heavy atom. The van der Waals surface area contributed by atoms with Gasteiger partial charge in [-0.1, -0.05) is 18.2 Å². The van der Waals surface area contributed by atoms with Crippen molar-refractivity contribution in [3.05, 3.63) is 65.2 Å². The van der Waals surface area contributed by atoms with Crippen LogP contribution in [0.1, 0.15) is 5.56 Å². The van der Waals surface area contributed by atoms with Crippen LogP contribution in [0.3, 0.4) is 0 Å². The molecule has 3 N–H and O–H groups in total. The van der Waals surface area contributed by atoms with Crippen molar-refractivity contribution in [2.75, 3.05) is 7.11 Å². The highest BCUT2D eigenvalue weighted by Crippen LogP contribution is 2.33. The lowest BCUT2D eigenvalue weighted by Crippen LogP contribution is -2.24. The van der Waals surface area contributed by atoms with Crippen molar-refractivity contribution in [1.29, 1.82) is 0 Å². The molecular weight excluding hydrogens is 364 g/mol. The van der Waals surface area contributed by atoms with E-state index in [1.807, 2.05) is 36.5 Å². The Morgan fingerprint density at radius 1 is 1.30 bits per heavy atom. The Morgan fingerprint density at radius 3 is 2.74 bits per heavy atom. The molecule has 0 bridgehead atoms. The van der Waals surface area contributed by atoms with Gasteiger partial charge in [-0.3, -0.25) is 5.43 Å². The van der Waals surface area contributed by atoms with Crippen molar-refractivity contribution < 1.29 is 4.74 Å². The average molecular weight is 380 g/mol. The zero-order chi connectivity index (χ0) is 19.2. The van der Waals surface area contributed by atoms with E-state index in [1.165, 1.54) is 7.11 Å². The maximum atomic E-state index is 11.1. The molecule has 0 aliphatic carbocycles. The molecule has 27 heavy (non-hydrogen) atoms. The lowest BCUT2D eigenvalue weighted by atomic mass is 10.1. The highest BCUT2D eigenvalue weighted by atomic mass is 32.1. The number of benzene rings is 2. The van der Waals surface area contributed by atoms with E-state index in [0.717, 1.165) is 5.69 Å². The number of methoxy groups -OCH3 is 1. The zero-order valence-electron chi connectivity index (χ0n) is 14.4. The van der Waals surface area contributed by atoms with E-state index in [2.05, 4.69) is 20.8 Å². The van der Waals surface area contributed by atoms with Crippen molar-refractivity contribution in [2.45, 2.75) is 0 Å². The smallest absolute Gasteiger partial charge is 0.184 e. The molecule has 1 heterocycles. The number of aromatic nitrogens is 2. The average Bonchev–Trinajstić information content (AvgIpc) is 3.12. The lowest BCUT2D eigenvalue weighted by Gasteiger charge is -2.05. The summed E-state index contributed by atoms with van der Waals surface area (Å²) in [5, 5.41) is 11.7. The summed E-state index contributed by atoms with van der Waals surface area (Å²) in [6.45, 7) is 0. The van der Waals surface area contributed by atoms with Crippen LogP contribution in [0.25, 0.3) is 16.9 Å². The highest BCUT2D eigenvalue weighted by molar-refractivity contribution is 7.80. The maximum absolute atomic E-state index is 11.1. The van der Waals surface area contributed by atoms with Crippen molar-refractivity contribution in [3.63, 3.8) is 0 Å². The molecule has 0 saturated heterocycles. The molecule has 0 radical (unpaired) electrons. The standard InChI is InChI=1S/C18H16N6O2S/c1-26-16-8-7-12(9-15(16)23-25)17-13(10-20-21-18(19)27)11-24(22-17)14-5-3-2-4-6-14/h2-11H,1H3,(H3,19,21,27). The first-order valence-electron chi connectivity index (χ1n) is 7.87. The van der Waals surface area contributed by atoms with Gasteiger partial charge >= 0.3 is 0 Å². The number of hydrazone groups is 1. The normalized spacial score (nSPS) is 10.7. The van der Waals surface area contributed by atoms with Crippen molar-refractivity contribution >= 4 is 29.2 Å². The quantitative estimate of drug-likeness (QED) is 0.294. The second-order valence-electron chi connectivity index (χ2n) is 5.43. The molecule has 0 fully saturated rings. The van der Waals surface area contributed by atoms with Gasteiger partial charge in [-0.2, -0.15) is 10.2 Å². The molecular formula is C18H16N6O2S. The van der Waals surface area contributed by atoms with Crippen LogP contribution in [-0.2, 0) is 0 Å². The summed E-state index contributed by atoms with van der Waals surface area (Å²) in [6, 6.07) is 14.7. The summed E-state index contributed by atoms with van der Waals surface area (Å²) in [5.74, 6) is 0.390. The molecule has 0 amide bonds. The first-order chi connectivity index (χ1) is 13.1. The van der Waals surface area contributed by atoms with Crippen LogP contribution in [0.5, 0.6) is 5.75 Å². The van der Waals surface area contributed by atoms with Gasteiger partial charge < -0.3 is 10.5 Å². The fourth-order valence-electron chi connectivity index (χ4n) is 2.49. The second kappa shape index (κ2) is 8.19. The third-order valence-electron chi connectivity index (χ3n) is 3.69. The van der Waals surface area contributed by atoms with Crippen LogP contribution < -0.4 is 15.9 Å². The first kappa shape index (κ1) is 18.2. The van der Waals surface area contributed by atoms with Crippen molar-refractivity contribution in [2.24, 2.45) is 16.0 Å². The van der Waals surface area contributed by atoms with Gasteiger partial charge in [0.15, 0.2) is 10.8 Å². The number of ether oxygens (including phenoxy) is 1. The second-order valence-corrected chi connectivity index (χ2v) is 5.87. The van der Waals surface area contributed by atoms with E-state index < -0.39 is 0 Å². The van der Waals surface area contributed by atoms with Gasteiger partial charge in [0.25, 0.3) is 0 Å². The lowest BCUT2D eigenvalue weighted by molar-refractivity contribution is 0.416. The zero-order valence-corrected chi connectivity index (χ0v) is 15.2. The molecule has 136 valence electrons. The van der Waals surface area contributed by atoms with Crippen molar-refractivity contribution in [3.8, 4) is 22.7 Å². The number of para-hydroxylation sites is 1. The molecule has 0 spiro atoms. The van der Waals surface area contributed by atoms with Crippen molar-refractivity contribution in [1.82, 2.24) is 15.2 Å². The Bertz CT molecular complexity index is 1000. The molecule has 0 atom stereocenters. The summed E-state index contributed by atoms with van der Waals surface area (Å²) in [4.78, 5) is 11.1. The number of nitroso groups, excluding NO2 is 1. The molecule has 3 aromatic rings. The predicted octanol–water partition coefficient (Wildman–Crippen LogP) is 3.11. The van der Waals surface area contributed by atoms with Gasteiger partial charge in [-0.25, -0.2) is 4.68 Å². The molecule has 0 unspecified atom stereocenters. The summed E-state index contributed by atoms with van der Waals surface area (Å²) in [6.07, 6.45) is 3.37. The van der Waals surface area contributed by atoms with Crippen LogP contribution in [0, 0.1) is 4.91 Å². The fourth-order valence-corrected chi connectivity index (χ4v) is 2.55. The van der Waals surface area contributed by atoms with E-state index in [-0.39, 0.29) is 10.8 Å².